The zero-order valence-corrected chi connectivity index (χ0v) is 8.45. The first kappa shape index (κ1) is 10.7. The van der Waals surface area contributed by atoms with Gasteiger partial charge in [0.2, 0.25) is 11.6 Å². The highest BCUT2D eigenvalue weighted by molar-refractivity contribution is 5.90. The van der Waals surface area contributed by atoms with E-state index in [0.29, 0.717) is 5.76 Å². The number of hydrogen-bond acceptors (Lipinski definition) is 7. The van der Waals surface area contributed by atoms with Gasteiger partial charge >= 0.3 is 6.03 Å². The first-order chi connectivity index (χ1) is 8.25. The van der Waals surface area contributed by atoms with Crippen molar-refractivity contribution < 1.29 is 13.8 Å². The van der Waals surface area contributed by atoms with E-state index >= 15 is 0 Å². The van der Waals surface area contributed by atoms with Crippen molar-refractivity contribution in [3.8, 4) is 0 Å². The van der Waals surface area contributed by atoms with Crippen molar-refractivity contribution in [1.82, 2.24) is 15.7 Å². The smallest absolute Gasteiger partial charge is 0.340 e. The van der Waals surface area contributed by atoms with Gasteiger partial charge < -0.3 is 10.2 Å². The lowest BCUT2D eigenvalue weighted by Gasteiger charge is -1.98. The minimum atomic E-state index is -0.629. The highest BCUT2D eigenvalue weighted by Gasteiger charge is 2.08. The molecule has 17 heavy (non-hydrogen) atoms. The van der Waals surface area contributed by atoms with Crippen LogP contribution >= 0.6 is 0 Å². The molecule has 0 aliphatic rings. The normalized spacial score (nSPS) is 10.6. The summed E-state index contributed by atoms with van der Waals surface area (Å²) < 4.78 is 9.25. The standard InChI is InChI=1S/C8H8N6O3/c9-6-7(14-17-13-6)11-8(15)12-10-4-5-2-1-3-16-5/h1-4H,(H2,9,13)(H2,11,12,14,15)/b10-4+. The third-order valence-electron chi connectivity index (χ3n) is 1.65. The second kappa shape index (κ2) is 4.79. The lowest BCUT2D eigenvalue weighted by Crippen LogP contribution is -2.24. The van der Waals surface area contributed by atoms with Crippen LogP contribution in [-0.2, 0) is 0 Å². The molecule has 9 heteroatoms. The van der Waals surface area contributed by atoms with Crippen molar-refractivity contribution in [2.45, 2.75) is 0 Å². The van der Waals surface area contributed by atoms with Crippen LogP contribution in [0.4, 0.5) is 16.4 Å². The molecule has 0 saturated heterocycles. The number of anilines is 2. The summed E-state index contributed by atoms with van der Waals surface area (Å²) in [4.78, 5) is 11.3. The number of rotatable bonds is 3. The second-order valence-corrected chi connectivity index (χ2v) is 2.84. The van der Waals surface area contributed by atoms with Gasteiger partial charge in [-0.1, -0.05) is 0 Å². The molecule has 2 amide bonds. The molecule has 88 valence electrons. The Bertz CT molecular complexity index is 517. The van der Waals surface area contributed by atoms with Crippen LogP contribution in [-0.4, -0.2) is 22.6 Å². The lowest BCUT2D eigenvalue weighted by atomic mass is 10.5. The minimum Gasteiger partial charge on any atom is -0.463 e. The third kappa shape index (κ3) is 2.81. The summed E-state index contributed by atoms with van der Waals surface area (Å²) >= 11 is 0. The number of nitrogens with zero attached hydrogens (tertiary/aromatic N) is 3. The van der Waals surface area contributed by atoms with Crippen LogP contribution in [0.5, 0.6) is 0 Å². The number of urea groups is 1. The summed E-state index contributed by atoms with van der Waals surface area (Å²) in [7, 11) is 0. The molecule has 0 aliphatic carbocycles. The van der Waals surface area contributed by atoms with Crippen LogP contribution in [0.3, 0.4) is 0 Å². The Labute approximate surface area is 94.6 Å². The Morgan fingerprint density at radius 2 is 2.41 bits per heavy atom. The van der Waals surface area contributed by atoms with E-state index in [0.717, 1.165) is 0 Å². The molecule has 0 aliphatic heterocycles. The van der Waals surface area contributed by atoms with Gasteiger partial charge in [0, 0.05) is 0 Å². The van der Waals surface area contributed by atoms with Crippen LogP contribution in [0.1, 0.15) is 5.76 Å². The van der Waals surface area contributed by atoms with Gasteiger partial charge in [0.05, 0.1) is 12.5 Å². The van der Waals surface area contributed by atoms with Crippen LogP contribution in [0.25, 0.3) is 0 Å². The van der Waals surface area contributed by atoms with Crippen molar-refractivity contribution >= 4 is 23.9 Å². The molecule has 0 fully saturated rings. The van der Waals surface area contributed by atoms with Gasteiger partial charge in [-0.05, 0) is 22.4 Å². The van der Waals surface area contributed by atoms with Crippen LogP contribution in [0.15, 0.2) is 32.5 Å². The van der Waals surface area contributed by atoms with Crippen molar-refractivity contribution in [2.24, 2.45) is 5.10 Å². The Morgan fingerprint density at radius 1 is 1.53 bits per heavy atom. The number of nitrogens with one attached hydrogen (secondary N) is 2. The molecule has 2 rings (SSSR count). The topological polar surface area (TPSA) is 132 Å². The number of nitrogen functional groups attached to an aromatic ring is 1. The van der Waals surface area contributed by atoms with Gasteiger partial charge in [0.25, 0.3) is 0 Å². The SMILES string of the molecule is Nc1nonc1NC(=O)N/N=C/c1ccco1. The van der Waals surface area contributed by atoms with Gasteiger partial charge in [0.15, 0.2) is 0 Å². The largest absolute Gasteiger partial charge is 0.463 e. The van der Waals surface area contributed by atoms with E-state index in [1.165, 1.54) is 12.5 Å². The number of aromatic nitrogens is 2. The fraction of sp³-hybridized carbons (Fsp3) is 0. The lowest BCUT2D eigenvalue weighted by molar-refractivity contribution is 0.252. The summed E-state index contributed by atoms with van der Waals surface area (Å²) in [5, 5.41) is 12.6. The van der Waals surface area contributed by atoms with Gasteiger partial charge in [-0.3, -0.25) is 5.32 Å². The monoisotopic (exact) mass is 236 g/mol. The molecule has 0 atom stereocenters. The molecule has 2 aromatic heterocycles. The molecule has 0 spiro atoms. The van der Waals surface area contributed by atoms with E-state index in [4.69, 9.17) is 10.2 Å². The molecular formula is C8H8N6O3. The Morgan fingerprint density at radius 3 is 3.06 bits per heavy atom. The average molecular weight is 236 g/mol. The maximum atomic E-state index is 11.3. The van der Waals surface area contributed by atoms with Gasteiger partial charge in [-0.25, -0.2) is 14.8 Å². The number of carbonyl (C=O) groups excluding carboxylic acids is 1. The Kier molecular flexibility index (Phi) is 3.01. The predicted molar refractivity (Wildman–Crippen MR) is 57.2 cm³/mol. The van der Waals surface area contributed by atoms with Crippen molar-refractivity contribution in [1.29, 1.82) is 0 Å². The first-order valence-corrected chi connectivity index (χ1v) is 4.47. The van der Waals surface area contributed by atoms with E-state index in [-0.39, 0.29) is 11.6 Å². The maximum absolute atomic E-state index is 11.3. The van der Waals surface area contributed by atoms with E-state index in [2.05, 4.69) is 30.8 Å². The number of nitrogens with two attached hydrogens (primary N) is 1. The maximum Gasteiger partial charge on any atom is 0.340 e. The highest BCUT2D eigenvalue weighted by atomic mass is 16.6. The number of furan rings is 1. The molecule has 2 aromatic rings. The summed E-state index contributed by atoms with van der Waals surface area (Å²) in [5.74, 6) is 0.513. The van der Waals surface area contributed by atoms with Gasteiger partial charge in [-0.15, -0.1) is 0 Å². The molecular weight excluding hydrogens is 228 g/mol. The van der Waals surface area contributed by atoms with E-state index < -0.39 is 6.03 Å². The quantitative estimate of drug-likeness (QED) is 0.522. The zero-order chi connectivity index (χ0) is 12.1. The summed E-state index contributed by atoms with van der Waals surface area (Å²) in [5.41, 5.74) is 7.51. The predicted octanol–water partition coefficient (Wildman–Crippen LogP) is 0.400. The van der Waals surface area contributed by atoms with Crippen LogP contribution in [0.2, 0.25) is 0 Å². The van der Waals surface area contributed by atoms with E-state index in [9.17, 15) is 4.79 Å². The third-order valence-corrected chi connectivity index (χ3v) is 1.65. The minimum absolute atomic E-state index is 0.0184. The average Bonchev–Trinajstić information content (AvgIpc) is 2.92. The fourth-order valence-corrected chi connectivity index (χ4v) is 0.937. The fourth-order valence-electron chi connectivity index (χ4n) is 0.937. The van der Waals surface area contributed by atoms with Crippen LogP contribution in [0, 0.1) is 0 Å². The molecule has 0 radical (unpaired) electrons. The Hall–Kier alpha value is -2.84. The number of carbonyl (C=O) groups is 1. The molecule has 0 aromatic carbocycles. The zero-order valence-electron chi connectivity index (χ0n) is 8.45. The van der Waals surface area contributed by atoms with Gasteiger partial charge in [0.1, 0.15) is 5.76 Å². The molecule has 4 N–H and O–H groups in total. The molecule has 2 heterocycles. The van der Waals surface area contributed by atoms with Crippen LogP contribution < -0.4 is 16.5 Å². The van der Waals surface area contributed by atoms with Gasteiger partial charge in [-0.2, -0.15) is 5.10 Å². The molecule has 0 saturated carbocycles. The number of amides is 2. The molecule has 0 unspecified atom stereocenters. The highest BCUT2D eigenvalue weighted by Crippen LogP contribution is 2.09. The number of hydrazone groups is 1. The summed E-state index contributed by atoms with van der Waals surface area (Å²) in [6, 6.07) is 2.75. The second-order valence-electron chi connectivity index (χ2n) is 2.84. The van der Waals surface area contributed by atoms with E-state index in [1.807, 2.05) is 0 Å². The Balaban J connectivity index is 1.84. The van der Waals surface area contributed by atoms with E-state index in [1.54, 1.807) is 12.1 Å². The number of hydrogen-bond donors (Lipinski definition) is 3. The molecule has 0 bridgehead atoms. The van der Waals surface area contributed by atoms with Crippen molar-refractivity contribution in [2.75, 3.05) is 11.1 Å². The van der Waals surface area contributed by atoms with Crippen molar-refractivity contribution in [3.05, 3.63) is 24.2 Å². The van der Waals surface area contributed by atoms with Crippen molar-refractivity contribution in [3.63, 3.8) is 0 Å². The summed E-state index contributed by atoms with van der Waals surface area (Å²) in [6.45, 7) is 0. The summed E-state index contributed by atoms with van der Waals surface area (Å²) in [6.07, 6.45) is 2.83. The first-order valence-electron chi connectivity index (χ1n) is 4.47. The molecule has 9 nitrogen and oxygen atoms in total.